The third-order valence-electron chi connectivity index (χ3n) is 3.88. The maximum Gasteiger partial charge on any atom is 0.283 e. The molecule has 0 bridgehead atoms. The number of hydrogen-bond acceptors (Lipinski definition) is 4. The van der Waals surface area contributed by atoms with Crippen molar-refractivity contribution in [3.63, 3.8) is 0 Å². The molecule has 5 N–H and O–H groups in total. The van der Waals surface area contributed by atoms with Gasteiger partial charge >= 0.3 is 0 Å². The first-order valence-corrected chi connectivity index (χ1v) is 9.08. The third-order valence-corrected chi connectivity index (χ3v) is 5.34. The number of nitrogens with one attached hydrogen (secondary N) is 1. The Morgan fingerprint density at radius 2 is 1.96 bits per heavy atom. The van der Waals surface area contributed by atoms with Crippen LogP contribution in [-0.4, -0.2) is 37.1 Å². The average Bonchev–Trinajstić information content (AvgIpc) is 3.32. The highest BCUT2D eigenvalue weighted by Gasteiger charge is 2.34. The van der Waals surface area contributed by atoms with Crippen LogP contribution in [0.3, 0.4) is 0 Å². The second-order valence-electron chi connectivity index (χ2n) is 5.65. The Balaban J connectivity index is 0.00000243. The molecule has 11 heteroatoms. The van der Waals surface area contributed by atoms with Crippen molar-refractivity contribution in [1.29, 1.82) is 0 Å². The molecule has 3 rings (SSSR count). The van der Waals surface area contributed by atoms with Crippen LogP contribution in [0, 0.1) is 0 Å². The quantitative estimate of drug-likeness (QED) is 0.493. The predicted molar refractivity (Wildman–Crippen MR) is 99.2 cm³/mol. The number of amides is 1. The highest BCUT2D eigenvalue weighted by Crippen LogP contribution is 2.43. The van der Waals surface area contributed by atoms with Gasteiger partial charge in [-0.15, -0.1) is 12.4 Å². The monoisotopic (exact) mass is 398 g/mol. The molecule has 1 heterocycles. The molecule has 0 atom stereocenters. The standard InChI is InChI=1S/C15H18N6O3S.ClH/c1-18-25(23,24)12-5-3-2-4-11(12)21-13(9-6-7-9)10(8-19-21)14(22)20-15(16)17;/h2-5,8-9,18H,6-7H2,1H3,(H4,16,17,20,22);1H. The zero-order valence-electron chi connectivity index (χ0n) is 13.9. The van der Waals surface area contributed by atoms with E-state index < -0.39 is 15.9 Å². The van der Waals surface area contributed by atoms with Crippen molar-refractivity contribution in [2.24, 2.45) is 16.5 Å². The van der Waals surface area contributed by atoms with E-state index in [1.54, 1.807) is 18.2 Å². The first-order valence-electron chi connectivity index (χ1n) is 7.60. The molecule has 0 aliphatic heterocycles. The molecule has 0 radical (unpaired) electrons. The summed E-state index contributed by atoms with van der Waals surface area (Å²) in [6.45, 7) is 0. The highest BCUT2D eigenvalue weighted by molar-refractivity contribution is 7.89. The van der Waals surface area contributed by atoms with Gasteiger partial charge in [0.2, 0.25) is 10.0 Å². The van der Waals surface area contributed by atoms with Gasteiger partial charge in [0, 0.05) is 5.92 Å². The molecule has 2 aromatic rings. The van der Waals surface area contributed by atoms with E-state index in [1.165, 1.54) is 24.0 Å². The van der Waals surface area contributed by atoms with Crippen molar-refractivity contribution in [1.82, 2.24) is 14.5 Å². The third kappa shape index (κ3) is 3.71. The lowest BCUT2D eigenvalue weighted by molar-refractivity contribution is 0.100. The minimum absolute atomic E-state index is 0. The zero-order valence-corrected chi connectivity index (χ0v) is 15.5. The fraction of sp³-hybridized carbons (Fsp3) is 0.267. The molecule has 1 aliphatic rings. The molecule has 1 fully saturated rings. The molecule has 0 spiro atoms. The second kappa shape index (κ2) is 7.44. The molecule has 140 valence electrons. The van der Waals surface area contributed by atoms with Crippen LogP contribution in [0.1, 0.15) is 34.8 Å². The molecular weight excluding hydrogens is 380 g/mol. The van der Waals surface area contributed by atoms with Gasteiger partial charge in [-0.2, -0.15) is 10.1 Å². The summed E-state index contributed by atoms with van der Waals surface area (Å²) >= 11 is 0. The van der Waals surface area contributed by atoms with Crippen molar-refractivity contribution in [2.45, 2.75) is 23.7 Å². The van der Waals surface area contributed by atoms with E-state index in [1.807, 2.05) is 0 Å². The first kappa shape index (κ1) is 19.9. The summed E-state index contributed by atoms with van der Waals surface area (Å²) in [4.78, 5) is 15.9. The number of nitrogens with two attached hydrogens (primary N) is 2. The molecule has 26 heavy (non-hydrogen) atoms. The molecule has 1 aromatic heterocycles. The van der Waals surface area contributed by atoms with Gasteiger partial charge in [-0.3, -0.25) is 4.79 Å². The number of benzene rings is 1. The molecule has 9 nitrogen and oxygen atoms in total. The Kier molecular flexibility index (Phi) is 5.69. The Morgan fingerprint density at radius 3 is 2.54 bits per heavy atom. The van der Waals surface area contributed by atoms with Gasteiger partial charge in [0.25, 0.3) is 5.91 Å². The van der Waals surface area contributed by atoms with Crippen LogP contribution < -0.4 is 16.2 Å². The topological polar surface area (TPSA) is 145 Å². The summed E-state index contributed by atoms with van der Waals surface area (Å²) in [6, 6.07) is 6.45. The van der Waals surface area contributed by atoms with Crippen LogP contribution in [0.5, 0.6) is 0 Å². The largest absolute Gasteiger partial charge is 0.370 e. The zero-order chi connectivity index (χ0) is 18.2. The number of para-hydroxylation sites is 1. The fourth-order valence-electron chi connectivity index (χ4n) is 2.61. The molecule has 0 saturated heterocycles. The van der Waals surface area contributed by atoms with Crippen molar-refractivity contribution in [3.05, 3.63) is 41.7 Å². The van der Waals surface area contributed by atoms with Crippen LogP contribution in [-0.2, 0) is 10.0 Å². The van der Waals surface area contributed by atoms with Gasteiger partial charge in [-0.05, 0) is 32.0 Å². The van der Waals surface area contributed by atoms with E-state index in [9.17, 15) is 13.2 Å². The van der Waals surface area contributed by atoms with E-state index >= 15 is 0 Å². The molecule has 0 unspecified atom stereocenters. The molecule has 1 aliphatic carbocycles. The number of sulfonamides is 1. The smallest absolute Gasteiger partial charge is 0.283 e. The van der Waals surface area contributed by atoms with E-state index in [0.717, 1.165) is 12.8 Å². The first-order chi connectivity index (χ1) is 11.8. The summed E-state index contributed by atoms with van der Waals surface area (Å²) in [6.07, 6.45) is 3.13. The van der Waals surface area contributed by atoms with E-state index in [-0.39, 0.29) is 34.7 Å². The number of carbonyl (C=O) groups is 1. The molecule has 1 aromatic carbocycles. The van der Waals surface area contributed by atoms with Gasteiger partial charge in [-0.1, -0.05) is 12.1 Å². The van der Waals surface area contributed by atoms with Crippen molar-refractivity contribution in [2.75, 3.05) is 7.05 Å². The number of hydrogen-bond donors (Lipinski definition) is 3. The van der Waals surface area contributed by atoms with Crippen molar-refractivity contribution in [3.8, 4) is 5.69 Å². The van der Waals surface area contributed by atoms with Gasteiger partial charge < -0.3 is 11.5 Å². The lowest BCUT2D eigenvalue weighted by atomic mass is 10.1. The summed E-state index contributed by atoms with van der Waals surface area (Å²) < 4.78 is 28.4. The minimum atomic E-state index is -3.69. The van der Waals surface area contributed by atoms with E-state index in [0.29, 0.717) is 11.4 Å². The Labute approximate surface area is 156 Å². The van der Waals surface area contributed by atoms with E-state index in [4.69, 9.17) is 11.5 Å². The number of halogens is 1. The lowest BCUT2D eigenvalue weighted by Gasteiger charge is -2.13. The molecule has 1 saturated carbocycles. The maximum atomic E-state index is 12.3. The maximum absolute atomic E-state index is 12.3. The summed E-state index contributed by atoms with van der Waals surface area (Å²) in [5.74, 6) is -0.819. The number of rotatable bonds is 5. The van der Waals surface area contributed by atoms with Crippen molar-refractivity contribution >= 4 is 34.3 Å². The van der Waals surface area contributed by atoms with Gasteiger partial charge in [0.05, 0.1) is 23.1 Å². The lowest BCUT2D eigenvalue weighted by Crippen LogP contribution is -2.24. The minimum Gasteiger partial charge on any atom is -0.370 e. The fourth-order valence-corrected chi connectivity index (χ4v) is 3.52. The Morgan fingerprint density at radius 1 is 1.31 bits per heavy atom. The SMILES string of the molecule is CNS(=O)(=O)c1ccccc1-n1ncc(C(=O)N=C(N)N)c1C1CC1.Cl. The van der Waals surface area contributed by atoms with Crippen molar-refractivity contribution < 1.29 is 13.2 Å². The number of carbonyl (C=O) groups excluding carboxylic acids is 1. The van der Waals surface area contributed by atoms with Crippen LogP contribution in [0.25, 0.3) is 5.69 Å². The predicted octanol–water partition coefficient (Wildman–Crippen LogP) is 0.493. The number of guanidine groups is 1. The molecule has 1 amide bonds. The van der Waals surface area contributed by atoms with Gasteiger partial charge in [-0.25, -0.2) is 17.8 Å². The van der Waals surface area contributed by atoms with Crippen LogP contribution in [0.15, 0.2) is 40.4 Å². The van der Waals surface area contributed by atoms with Crippen LogP contribution >= 0.6 is 12.4 Å². The van der Waals surface area contributed by atoms with Gasteiger partial charge in [0.15, 0.2) is 5.96 Å². The highest BCUT2D eigenvalue weighted by atomic mass is 35.5. The summed E-state index contributed by atoms with van der Waals surface area (Å²) in [5.41, 5.74) is 11.8. The Bertz CT molecular complexity index is 962. The van der Waals surface area contributed by atoms with Gasteiger partial charge in [0.1, 0.15) is 4.90 Å². The molecular formula is C15H19ClN6O3S. The van der Waals surface area contributed by atoms with Crippen LogP contribution in [0.4, 0.5) is 0 Å². The van der Waals surface area contributed by atoms with E-state index in [2.05, 4.69) is 14.8 Å². The average molecular weight is 399 g/mol. The number of aromatic nitrogens is 2. The summed E-state index contributed by atoms with van der Waals surface area (Å²) in [7, 11) is -2.35. The number of aliphatic imine (C=N–C) groups is 1. The normalized spacial score (nSPS) is 13.7. The number of nitrogens with zero attached hydrogens (tertiary/aromatic N) is 3. The summed E-state index contributed by atoms with van der Waals surface area (Å²) in [5, 5.41) is 4.24. The Hall–Kier alpha value is -2.43. The second-order valence-corrected chi connectivity index (χ2v) is 7.50. The van der Waals surface area contributed by atoms with Crippen LogP contribution in [0.2, 0.25) is 0 Å².